The summed E-state index contributed by atoms with van der Waals surface area (Å²) in [5.74, 6) is 0.349. The van der Waals surface area contributed by atoms with Crippen molar-refractivity contribution >= 4 is 17.7 Å². The molecule has 2 atom stereocenters. The van der Waals surface area contributed by atoms with Crippen LogP contribution < -0.4 is 0 Å². The second-order valence-electron chi connectivity index (χ2n) is 5.88. The Kier molecular flexibility index (Phi) is 4.93. The largest absolute Gasteiger partial charge is 0.394 e. The van der Waals surface area contributed by atoms with Gasteiger partial charge in [-0.3, -0.25) is 4.79 Å². The molecular formula is C17H21N3O3S. The van der Waals surface area contributed by atoms with Crippen molar-refractivity contribution in [2.45, 2.75) is 25.3 Å². The molecule has 128 valence electrons. The third-order valence-electron chi connectivity index (χ3n) is 4.18. The molecule has 7 heteroatoms. The molecule has 6 nitrogen and oxygen atoms in total. The van der Waals surface area contributed by atoms with Crippen molar-refractivity contribution in [1.82, 2.24) is 14.7 Å². The van der Waals surface area contributed by atoms with Crippen molar-refractivity contribution in [2.24, 2.45) is 0 Å². The Morgan fingerprint density at radius 3 is 2.71 bits per heavy atom. The van der Waals surface area contributed by atoms with E-state index in [1.54, 1.807) is 4.90 Å². The maximum atomic E-state index is 12.2. The van der Waals surface area contributed by atoms with E-state index in [2.05, 4.69) is 5.10 Å². The molecule has 1 saturated heterocycles. The van der Waals surface area contributed by atoms with Crippen LogP contribution in [0.15, 0.2) is 30.3 Å². The molecule has 3 rings (SSSR count). The Bertz CT molecular complexity index is 732. The number of hydrogen-bond donors (Lipinski definition) is 2. The van der Waals surface area contributed by atoms with Crippen molar-refractivity contribution in [3.63, 3.8) is 0 Å². The zero-order valence-electron chi connectivity index (χ0n) is 13.7. The summed E-state index contributed by atoms with van der Waals surface area (Å²) in [6.07, 6.45) is -0.931. The van der Waals surface area contributed by atoms with E-state index in [0.29, 0.717) is 5.75 Å². The van der Waals surface area contributed by atoms with Crippen molar-refractivity contribution in [3.05, 3.63) is 47.3 Å². The number of hydrogen-bond acceptors (Lipinski definition) is 5. The summed E-state index contributed by atoms with van der Waals surface area (Å²) in [5, 5.41) is 23.3. The van der Waals surface area contributed by atoms with Gasteiger partial charge in [-0.2, -0.15) is 5.10 Å². The van der Waals surface area contributed by atoms with Crippen LogP contribution in [0.2, 0.25) is 0 Å². The number of aromatic nitrogens is 2. The van der Waals surface area contributed by atoms with E-state index in [1.807, 2.05) is 48.9 Å². The predicted molar refractivity (Wildman–Crippen MR) is 93.0 cm³/mol. The number of β-amino-alcohol motifs (C(OH)–C–C–N with tert-alkyl or cyclic N) is 1. The number of aryl methyl sites for hydroxylation is 1. The summed E-state index contributed by atoms with van der Waals surface area (Å²) in [6.45, 7) is 3.70. The summed E-state index contributed by atoms with van der Waals surface area (Å²) in [5.41, 5.74) is 3.82. The van der Waals surface area contributed by atoms with Crippen LogP contribution in [0, 0.1) is 13.8 Å². The van der Waals surface area contributed by atoms with Crippen LogP contribution in [0.1, 0.15) is 22.3 Å². The zero-order chi connectivity index (χ0) is 17.3. The molecule has 2 heterocycles. The molecule has 0 aliphatic carbocycles. The zero-order valence-corrected chi connectivity index (χ0v) is 14.5. The van der Waals surface area contributed by atoms with Crippen molar-refractivity contribution in [3.8, 4) is 5.69 Å². The molecule has 0 saturated carbocycles. The monoisotopic (exact) mass is 347 g/mol. The number of aliphatic hydroxyl groups is 2. The molecule has 2 N–H and O–H groups in total. The number of carbonyl (C=O) groups excluding carboxylic acids is 1. The average Bonchev–Trinajstić information content (AvgIpc) is 3.08. The highest BCUT2D eigenvalue weighted by atomic mass is 32.2. The van der Waals surface area contributed by atoms with E-state index in [-0.39, 0.29) is 24.4 Å². The van der Waals surface area contributed by atoms with Crippen molar-refractivity contribution < 1.29 is 15.0 Å². The van der Waals surface area contributed by atoms with Gasteiger partial charge in [0.05, 0.1) is 36.4 Å². The number of benzene rings is 1. The summed E-state index contributed by atoms with van der Waals surface area (Å²) in [4.78, 5) is 13.8. The normalized spacial score (nSPS) is 19.1. The number of nitrogens with zero attached hydrogens (tertiary/aromatic N) is 3. The molecule has 2 aromatic rings. The van der Waals surface area contributed by atoms with E-state index < -0.39 is 6.10 Å². The molecule has 1 aliphatic heterocycles. The van der Waals surface area contributed by atoms with E-state index in [0.717, 1.165) is 22.6 Å². The number of thioether (sulfide) groups is 1. The van der Waals surface area contributed by atoms with Gasteiger partial charge in [0.25, 0.3) is 0 Å². The molecule has 2 unspecified atom stereocenters. The van der Waals surface area contributed by atoms with E-state index in [9.17, 15) is 9.90 Å². The highest BCUT2D eigenvalue weighted by molar-refractivity contribution is 8.00. The Balaban J connectivity index is 1.97. The smallest absolute Gasteiger partial charge is 0.233 e. The van der Waals surface area contributed by atoms with Gasteiger partial charge >= 0.3 is 0 Å². The maximum absolute atomic E-state index is 12.2. The van der Waals surface area contributed by atoms with Crippen LogP contribution in [-0.2, 0) is 4.79 Å². The molecule has 1 amide bonds. The standard InChI is InChI=1S/C17H21N3O3S/c1-11-16(12(2)20(18-11)13-6-4-3-5-7-13)17-19(8-14(22)9-21)15(23)10-24-17/h3-7,14,17,21-22H,8-10H2,1-2H3. The lowest BCUT2D eigenvalue weighted by atomic mass is 10.1. The number of amides is 1. The fraction of sp³-hybridized carbons (Fsp3) is 0.412. The first-order valence-electron chi connectivity index (χ1n) is 7.84. The molecule has 24 heavy (non-hydrogen) atoms. The second-order valence-corrected chi connectivity index (χ2v) is 6.95. The van der Waals surface area contributed by atoms with Crippen molar-refractivity contribution in [1.29, 1.82) is 0 Å². The lowest BCUT2D eigenvalue weighted by Gasteiger charge is -2.26. The Morgan fingerprint density at radius 1 is 1.33 bits per heavy atom. The molecule has 1 aromatic heterocycles. The highest BCUT2D eigenvalue weighted by Crippen LogP contribution is 2.41. The van der Waals surface area contributed by atoms with Crippen LogP contribution in [-0.4, -0.2) is 55.8 Å². The van der Waals surface area contributed by atoms with Gasteiger partial charge in [0.2, 0.25) is 5.91 Å². The van der Waals surface area contributed by atoms with E-state index >= 15 is 0 Å². The molecule has 0 radical (unpaired) electrons. The number of aliphatic hydroxyl groups excluding tert-OH is 2. The van der Waals surface area contributed by atoms with Gasteiger partial charge in [-0.05, 0) is 26.0 Å². The predicted octanol–water partition coefficient (Wildman–Crippen LogP) is 1.42. The first-order valence-corrected chi connectivity index (χ1v) is 8.89. The summed E-state index contributed by atoms with van der Waals surface area (Å²) in [7, 11) is 0. The van der Waals surface area contributed by atoms with Gasteiger partial charge < -0.3 is 15.1 Å². The summed E-state index contributed by atoms with van der Waals surface area (Å²) < 4.78 is 1.88. The Hall–Kier alpha value is -1.83. The fourth-order valence-corrected chi connectivity index (χ4v) is 4.37. The van der Waals surface area contributed by atoms with Crippen LogP contribution in [0.5, 0.6) is 0 Å². The minimum Gasteiger partial charge on any atom is -0.394 e. The van der Waals surface area contributed by atoms with Gasteiger partial charge in [-0.15, -0.1) is 11.8 Å². The van der Waals surface area contributed by atoms with Crippen LogP contribution >= 0.6 is 11.8 Å². The number of para-hydroxylation sites is 1. The topological polar surface area (TPSA) is 78.6 Å². The average molecular weight is 347 g/mol. The van der Waals surface area contributed by atoms with Crippen molar-refractivity contribution in [2.75, 3.05) is 18.9 Å². The maximum Gasteiger partial charge on any atom is 0.233 e. The third kappa shape index (κ3) is 3.07. The number of carbonyl (C=O) groups is 1. The van der Waals surface area contributed by atoms with E-state index in [1.165, 1.54) is 11.8 Å². The van der Waals surface area contributed by atoms with Gasteiger partial charge in [-0.1, -0.05) is 18.2 Å². The third-order valence-corrected chi connectivity index (χ3v) is 5.40. The van der Waals surface area contributed by atoms with Crippen LogP contribution in [0.25, 0.3) is 5.69 Å². The van der Waals surface area contributed by atoms with Gasteiger partial charge in [0, 0.05) is 11.3 Å². The van der Waals surface area contributed by atoms with Crippen LogP contribution in [0.4, 0.5) is 0 Å². The fourth-order valence-electron chi connectivity index (χ4n) is 3.01. The second kappa shape index (κ2) is 6.96. The summed E-state index contributed by atoms with van der Waals surface area (Å²) >= 11 is 1.53. The first-order chi connectivity index (χ1) is 11.5. The molecule has 1 aromatic carbocycles. The summed E-state index contributed by atoms with van der Waals surface area (Å²) in [6, 6.07) is 9.86. The lowest BCUT2D eigenvalue weighted by Crippen LogP contribution is -2.37. The van der Waals surface area contributed by atoms with Gasteiger partial charge in [-0.25, -0.2) is 4.68 Å². The quantitative estimate of drug-likeness (QED) is 0.855. The Morgan fingerprint density at radius 2 is 2.04 bits per heavy atom. The highest BCUT2D eigenvalue weighted by Gasteiger charge is 2.37. The minimum atomic E-state index is -0.931. The SMILES string of the molecule is Cc1nn(-c2ccccc2)c(C)c1C1SCC(=O)N1CC(O)CO. The molecule has 1 aliphatic rings. The molecule has 0 bridgehead atoms. The van der Waals surface area contributed by atoms with E-state index in [4.69, 9.17) is 5.11 Å². The molecule has 0 spiro atoms. The van der Waals surface area contributed by atoms with Gasteiger partial charge in [0.15, 0.2) is 0 Å². The Labute approximate surface area is 145 Å². The molecular weight excluding hydrogens is 326 g/mol. The number of rotatable bonds is 5. The lowest BCUT2D eigenvalue weighted by molar-refractivity contribution is -0.129. The minimum absolute atomic E-state index is 0.0243. The van der Waals surface area contributed by atoms with Gasteiger partial charge in [0.1, 0.15) is 5.37 Å². The molecule has 1 fully saturated rings. The van der Waals surface area contributed by atoms with Crippen LogP contribution in [0.3, 0.4) is 0 Å². The first kappa shape index (κ1) is 17.0.